The van der Waals surface area contributed by atoms with E-state index in [1.807, 2.05) is 19.3 Å². The fourth-order valence-corrected chi connectivity index (χ4v) is 4.40. The summed E-state index contributed by atoms with van der Waals surface area (Å²) in [6, 6.07) is 13.6. The number of pyridine rings is 1. The quantitative estimate of drug-likeness (QED) is 0.636. The van der Waals surface area contributed by atoms with Crippen LogP contribution in [0.2, 0.25) is 0 Å². The van der Waals surface area contributed by atoms with Gasteiger partial charge in [0.2, 0.25) is 0 Å². The highest BCUT2D eigenvalue weighted by Gasteiger charge is 2.21. The van der Waals surface area contributed by atoms with Gasteiger partial charge in [-0.15, -0.1) is 0 Å². The number of rotatable bonds is 5. The number of aliphatic imine (C=N–C) groups is 1. The minimum absolute atomic E-state index is 0.0251. The van der Waals surface area contributed by atoms with Crippen LogP contribution in [0.25, 0.3) is 0 Å². The average molecular weight is 385 g/mol. The van der Waals surface area contributed by atoms with Gasteiger partial charge in [-0.25, -0.2) is 0 Å². The second-order valence-corrected chi connectivity index (χ2v) is 8.14. The maximum Gasteiger partial charge on any atom is 0.250 e. The number of hydrogen-bond donors (Lipinski definition) is 1. The predicted octanol–water partition coefficient (Wildman–Crippen LogP) is 2.80. The smallest absolute Gasteiger partial charge is 0.250 e. The van der Waals surface area contributed by atoms with Crippen LogP contribution in [0.4, 0.5) is 0 Å². The maximum absolute atomic E-state index is 11.8. The number of guanidine groups is 1. The third-order valence-corrected chi connectivity index (χ3v) is 6.20. The van der Waals surface area contributed by atoms with Crippen molar-refractivity contribution in [3.63, 3.8) is 0 Å². The standard InChI is InChI=1S/C21H28N4OS/c1-3-19-16-25(12-13-27-19)21(22-2)23-14-17-7-9-18(10-8-17)15-24-11-5-4-6-20(24)26/h4-11,19H,3,12-16H2,1-2H3,(H,22,23). The SMILES string of the molecule is CCC1CN(C(=NC)NCc2ccc(Cn3ccccc3=O)cc2)CCS1. The molecule has 0 radical (unpaired) electrons. The van der Waals surface area contributed by atoms with E-state index in [1.165, 1.54) is 12.0 Å². The van der Waals surface area contributed by atoms with Gasteiger partial charge in [0.15, 0.2) is 5.96 Å². The van der Waals surface area contributed by atoms with Crippen LogP contribution in [-0.4, -0.2) is 46.6 Å². The van der Waals surface area contributed by atoms with E-state index in [0.29, 0.717) is 11.8 Å². The molecule has 0 bridgehead atoms. The van der Waals surface area contributed by atoms with E-state index >= 15 is 0 Å². The molecule has 6 heteroatoms. The first-order chi connectivity index (χ1) is 13.2. The summed E-state index contributed by atoms with van der Waals surface area (Å²) < 4.78 is 1.72. The Kier molecular flexibility index (Phi) is 6.98. The summed E-state index contributed by atoms with van der Waals surface area (Å²) >= 11 is 2.06. The summed E-state index contributed by atoms with van der Waals surface area (Å²) in [6.07, 6.45) is 3.02. The maximum atomic E-state index is 11.8. The number of hydrogen-bond acceptors (Lipinski definition) is 3. The molecule has 1 aliphatic rings. The van der Waals surface area contributed by atoms with Gasteiger partial charge in [0.1, 0.15) is 0 Å². The Hall–Kier alpha value is -2.21. The molecule has 1 saturated heterocycles. The summed E-state index contributed by atoms with van der Waals surface area (Å²) in [7, 11) is 1.85. The molecule has 1 fully saturated rings. The first-order valence-corrected chi connectivity index (χ1v) is 10.5. The number of benzene rings is 1. The van der Waals surface area contributed by atoms with E-state index in [4.69, 9.17) is 0 Å². The van der Waals surface area contributed by atoms with Crippen molar-refractivity contribution in [2.75, 3.05) is 25.9 Å². The van der Waals surface area contributed by atoms with Gasteiger partial charge < -0.3 is 14.8 Å². The number of nitrogens with one attached hydrogen (secondary N) is 1. The molecule has 0 spiro atoms. The fourth-order valence-electron chi connectivity index (χ4n) is 3.22. The number of nitrogens with zero attached hydrogens (tertiary/aromatic N) is 3. The molecule has 2 aromatic rings. The van der Waals surface area contributed by atoms with Gasteiger partial charge >= 0.3 is 0 Å². The molecule has 1 aliphatic heterocycles. The van der Waals surface area contributed by atoms with E-state index in [-0.39, 0.29) is 5.56 Å². The van der Waals surface area contributed by atoms with E-state index in [2.05, 4.69) is 58.2 Å². The van der Waals surface area contributed by atoms with Gasteiger partial charge in [-0.2, -0.15) is 11.8 Å². The zero-order chi connectivity index (χ0) is 19.1. The zero-order valence-electron chi connectivity index (χ0n) is 16.1. The number of thioether (sulfide) groups is 1. The monoisotopic (exact) mass is 384 g/mol. The molecule has 144 valence electrons. The summed E-state index contributed by atoms with van der Waals surface area (Å²) in [4.78, 5) is 18.7. The van der Waals surface area contributed by atoms with Crippen LogP contribution in [0, 0.1) is 0 Å². The Morgan fingerprint density at radius 3 is 2.70 bits per heavy atom. The summed E-state index contributed by atoms with van der Waals surface area (Å²) in [5.41, 5.74) is 2.35. The third kappa shape index (κ3) is 5.39. The summed E-state index contributed by atoms with van der Waals surface area (Å²) in [5, 5.41) is 4.18. The van der Waals surface area contributed by atoms with Crippen molar-refractivity contribution in [3.05, 3.63) is 70.1 Å². The van der Waals surface area contributed by atoms with E-state index in [1.54, 1.807) is 16.7 Å². The van der Waals surface area contributed by atoms with Crippen molar-refractivity contribution in [2.45, 2.75) is 31.7 Å². The second kappa shape index (κ2) is 9.65. The first-order valence-electron chi connectivity index (χ1n) is 9.50. The normalized spacial score (nSPS) is 17.8. The Balaban J connectivity index is 1.56. The van der Waals surface area contributed by atoms with Gasteiger partial charge in [0.25, 0.3) is 5.56 Å². The molecule has 0 saturated carbocycles. The largest absolute Gasteiger partial charge is 0.352 e. The van der Waals surface area contributed by atoms with Crippen molar-refractivity contribution in [1.82, 2.24) is 14.8 Å². The molecule has 1 aromatic carbocycles. The Morgan fingerprint density at radius 1 is 1.22 bits per heavy atom. The van der Waals surface area contributed by atoms with Crippen LogP contribution >= 0.6 is 11.8 Å². The van der Waals surface area contributed by atoms with Gasteiger partial charge in [-0.05, 0) is 23.6 Å². The minimum Gasteiger partial charge on any atom is -0.352 e. The molecule has 0 aliphatic carbocycles. The average Bonchev–Trinajstić information content (AvgIpc) is 2.71. The molecule has 1 N–H and O–H groups in total. The van der Waals surface area contributed by atoms with E-state index < -0.39 is 0 Å². The van der Waals surface area contributed by atoms with E-state index in [0.717, 1.165) is 36.9 Å². The van der Waals surface area contributed by atoms with Crippen molar-refractivity contribution < 1.29 is 0 Å². The molecule has 1 atom stereocenters. The first kappa shape index (κ1) is 19.5. The van der Waals surface area contributed by atoms with Gasteiger partial charge in [0.05, 0.1) is 6.54 Å². The molecule has 0 amide bonds. The highest BCUT2D eigenvalue weighted by molar-refractivity contribution is 8.00. The molecule has 3 rings (SSSR count). The summed E-state index contributed by atoms with van der Waals surface area (Å²) in [6.45, 7) is 5.71. The van der Waals surface area contributed by atoms with E-state index in [9.17, 15) is 4.79 Å². The molecule has 1 aromatic heterocycles. The van der Waals surface area contributed by atoms with Crippen molar-refractivity contribution in [3.8, 4) is 0 Å². The highest BCUT2D eigenvalue weighted by atomic mass is 32.2. The third-order valence-electron chi connectivity index (χ3n) is 4.83. The highest BCUT2D eigenvalue weighted by Crippen LogP contribution is 2.21. The van der Waals surface area contributed by atoms with Crippen LogP contribution in [0.1, 0.15) is 24.5 Å². The lowest BCUT2D eigenvalue weighted by Gasteiger charge is -2.34. The minimum atomic E-state index is 0.0251. The summed E-state index contributed by atoms with van der Waals surface area (Å²) in [5.74, 6) is 2.14. The Labute approximate surface area is 165 Å². The zero-order valence-corrected chi connectivity index (χ0v) is 16.9. The lowest BCUT2D eigenvalue weighted by atomic mass is 10.1. The molecule has 27 heavy (non-hydrogen) atoms. The van der Waals surface area contributed by atoms with Gasteiger partial charge in [-0.3, -0.25) is 9.79 Å². The number of aromatic nitrogens is 1. The van der Waals surface area contributed by atoms with Crippen LogP contribution in [0.3, 0.4) is 0 Å². The van der Waals surface area contributed by atoms with Crippen molar-refractivity contribution >= 4 is 17.7 Å². The van der Waals surface area contributed by atoms with Crippen LogP contribution in [0.5, 0.6) is 0 Å². The predicted molar refractivity (Wildman–Crippen MR) is 115 cm³/mol. The van der Waals surface area contributed by atoms with Gasteiger partial charge in [-0.1, -0.05) is 37.3 Å². The Morgan fingerprint density at radius 2 is 2.00 bits per heavy atom. The van der Waals surface area contributed by atoms with Crippen molar-refractivity contribution in [1.29, 1.82) is 0 Å². The Bertz CT molecular complexity index is 815. The van der Waals surface area contributed by atoms with Crippen LogP contribution in [0.15, 0.2) is 58.4 Å². The molecule has 1 unspecified atom stereocenters. The fraction of sp³-hybridized carbons (Fsp3) is 0.429. The lowest BCUT2D eigenvalue weighted by Crippen LogP contribution is -2.47. The van der Waals surface area contributed by atoms with Crippen LogP contribution < -0.4 is 10.9 Å². The lowest BCUT2D eigenvalue weighted by molar-refractivity contribution is 0.408. The molecule has 2 heterocycles. The van der Waals surface area contributed by atoms with Gasteiger partial charge in [0, 0.05) is 49.9 Å². The van der Waals surface area contributed by atoms with Crippen LogP contribution in [-0.2, 0) is 13.1 Å². The second-order valence-electron chi connectivity index (χ2n) is 6.73. The molecular formula is C21H28N4OS. The molecular weight excluding hydrogens is 356 g/mol. The van der Waals surface area contributed by atoms with Crippen molar-refractivity contribution in [2.24, 2.45) is 4.99 Å². The molecule has 5 nitrogen and oxygen atoms in total. The topological polar surface area (TPSA) is 49.6 Å².